The molecule has 0 aromatic carbocycles. The molecule has 0 aromatic rings. The fourth-order valence-electron chi connectivity index (χ4n) is 2.26. The molecule has 0 atom stereocenters. The molecule has 4 heteroatoms. The van der Waals surface area contributed by atoms with Crippen LogP contribution < -0.4 is 10.6 Å². The molecule has 1 saturated heterocycles. The van der Waals surface area contributed by atoms with Crippen LogP contribution in [0.5, 0.6) is 0 Å². The topological polar surface area (TPSA) is 44.4 Å². The minimum Gasteiger partial charge on any atom is -0.352 e. The Kier molecular flexibility index (Phi) is 5.82. The van der Waals surface area contributed by atoms with Crippen LogP contribution in [-0.2, 0) is 4.79 Å². The molecule has 0 spiro atoms. The van der Waals surface area contributed by atoms with E-state index in [1.165, 1.54) is 0 Å². The van der Waals surface area contributed by atoms with Gasteiger partial charge in [0.25, 0.3) is 0 Å². The first kappa shape index (κ1) is 15.2. The molecule has 1 aliphatic rings. The predicted octanol–water partition coefficient (Wildman–Crippen LogP) is 1.14. The number of likely N-dealkylation sites (tertiary alicyclic amines) is 1. The average molecular weight is 253 g/mol. The maximum atomic E-state index is 11.6. The van der Waals surface area contributed by atoms with Crippen molar-refractivity contribution >= 4 is 5.91 Å². The molecule has 0 saturated carbocycles. The van der Waals surface area contributed by atoms with Gasteiger partial charge in [-0.25, -0.2) is 0 Å². The molecule has 1 aliphatic heterocycles. The smallest absolute Gasteiger partial charge is 0.234 e. The summed E-state index contributed by atoms with van der Waals surface area (Å²) in [7, 11) is 0. The third-order valence-electron chi connectivity index (χ3n) is 3.38. The highest BCUT2D eigenvalue weighted by Crippen LogP contribution is 2.19. The molecule has 0 radical (unpaired) electrons. The van der Waals surface area contributed by atoms with Gasteiger partial charge in [-0.3, -0.25) is 9.69 Å². The van der Waals surface area contributed by atoms with E-state index >= 15 is 0 Å². The van der Waals surface area contributed by atoms with Gasteiger partial charge in [0.15, 0.2) is 0 Å². The van der Waals surface area contributed by atoms with E-state index in [4.69, 9.17) is 0 Å². The van der Waals surface area contributed by atoms with Gasteiger partial charge in [-0.05, 0) is 33.6 Å². The molecule has 18 heavy (non-hydrogen) atoms. The number of carbonyl (C=O) groups is 1. The first-order valence-corrected chi connectivity index (χ1v) is 6.79. The van der Waals surface area contributed by atoms with Crippen LogP contribution in [0.1, 0.15) is 33.6 Å². The SMILES string of the molecule is C=CCNCC(=O)NC1CCN(C(C)(C)C)CC1. The molecular weight excluding hydrogens is 226 g/mol. The maximum absolute atomic E-state index is 11.6. The van der Waals surface area contributed by atoms with Crippen LogP contribution in [0.4, 0.5) is 0 Å². The molecule has 104 valence electrons. The second kappa shape index (κ2) is 6.90. The van der Waals surface area contributed by atoms with Crippen molar-refractivity contribution in [1.29, 1.82) is 0 Å². The quantitative estimate of drug-likeness (QED) is 0.570. The second-order valence-electron chi connectivity index (χ2n) is 5.92. The zero-order valence-corrected chi connectivity index (χ0v) is 12.0. The fourth-order valence-corrected chi connectivity index (χ4v) is 2.26. The van der Waals surface area contributed by atoms with Gasteiger partial charge in [-0.2, -0.15) is 0 Å². The van der Waals surface area contributed by atoms with E-state index in [0.717, 1.165) is 25.9 Å². The summed E-state index contributed by atoms with van der Waals surface area (Å²) in [5.41, 5.74) is 0.237. The van der Waals surface area contributed by atoms with E-state index < -0.39 is 0 Å². The largest absolute Gasteiger partial charge is 0.352 e. The van der Waals surface area contributed by atoms with Crippen molar-refractivity contribution in [2.45, 2.75) is 45.2 Å². The standard InChI is InChI=1S/C14H27N3O/c1-5-8-15-11-13(18)16-12-6-9-17(10-7-12)14(2,3)4/h5,12,15H,1,6-11H2,2-4H3,(H,16,18). The predicted molar refractivity (Wildman–Crippen MR) is 75.6 cm³/mol. The average Bonchev–Trinajstić information content (AvgIpc) is 2.29. The minimum absolute atomic E-state index is 0.0889. The number of nitrogens with zero attached hydrogens (tertiary/aromatic N) is 1. The highest BCUT2D eigenvalue weighted by molar-refractivity contribution is 5.78. The van der Waals surface area contributed by atoms with E-state index in [-0.39, 0.29) is 11.4 Å². The number of hydrogen-bond acceptors (Lipinski definition) is 3. The highest BCUT2D eigenvalue weighted by Gasteiger charge is 2.27. The van der Waals surface area contributed by atoms with E-state index in [1.54, 1.807) is 6.08 Å². The summed E-state index contributed by atoms with van der Waals surface area (Å²) in [4.78, 5) is 14.1. The Balaban J connectivity index is 2.23. The number of hydrogen-bond donors (Lipinski definition) is 2. The van der Waals surface area contributed by atoms with Gasteiger partial charge in [0, 0.05) is 31.2 Å². The molecule has 1 fully saturated rings. The number of piperidine rings is 1. The first-order chi connectivity index (χ1) is 8.43. The number of carbonyl (C=O) groups excluding carboxylic acids is 1. The monoisotopic (exact) mass is 253 g/mol. The van der Waals surface area contributed by atoms with Crippen LogP contribution in [0.15, 0.2) is 12.7 Å². The van der Waals surface area contributed by atoms with E-state index in [2.05, 4.69) is 42.9 Å². The van der Waals surface area contributed by atoms with Gasteiger partial charge in [0.2, 0.25) is 5.91 Å². The lowest BCUT2D eigenvalue weighted by atomic mass is 9.98. The Hall–Kier alpha value is -0.870. The summed E-state index contributed by atoms with van der Waals surface area (Å²) in [6, 6.07) is 0.335. The number of amides is 1. The zero-order chi connectivity index (χ0) is 13.6. The molecule has 1 amide bonds. The summed E-state index contributed by atoms with van der Waals surface area (Å²) in [5.74, 6) is 0.0889. The summed E-state index contributed by atoms with van der Waals surface area (Å²) in [5, 5.41) is 6.10. The van der Waals surface area contributed by atoms with E-state index in [0.29, 0.717) is 19.1 Å². The molecule has 1 rings (SSSR count). The van der Waals surface area contributed by atoms with Crippen LogP contribution in [0.3, 0.4) is 0 Å². The van der Waals surface area contributed by atoms with Crippen LogP contribution in [0.25, 0.3) is 0 Å². The minimum atomic E-state index is 0.0889. The molecule has 2 N–H and O–H groups in total. The van der Waals surface area contributed by atoms with Crippen molar-refractivity contribution in [3.8, 4) is 0 Å². The first-order valence-electron chi connectivity index (χ1n) is 6.79. The Bertz CT molecular complexity index is 275. The van der Waals surface area contributed by atoms with Crippen LogP contribution >= 0.6 is 0 Å². The summed E-state index contributed by atoms with van der Waals surface area (Å²) in [6.45, 7) is 13.5. The van der Waals surface area contributed by atoms with Crippen molar-refractivity contribution in [3.05, 3.63) is 12.7 Å². The Morgan fingerprint density at radius 2 is 2.00 bits per heavy atom. The van der Waals surface area contributed by atoms with Crippen molar-refractivity contribution < 1.29 is 4.79 Å². The van der Waals surface area contributed by atoms with Gasteiger partial charge >= 0.3 is 0 Å². The lowest BCUT2D eigenvalue weighted by molar-refractivity contribution is -0.121. The third kappa shape index (κ3) is 5.19. The van der Waals surface area contributed by atoms with Crippen molar-refractivity contribution in [2.24, 2.45) is 0 Å². The molecule has 0 bridgehead atoms. The zero-order valence-electron chi connectivity index (χ0n) is 12.0. The van der Waals surface area contributed by atoms with Gasteiger partial charge < -0.3 is 10.6 Å². The highest BCUT2D eigenvalue weighted by atomic mass is 16.1. The Labute approximate surface area is 111 Å². The molecule has 1 heterocycles. The Morgan fingerprint density at radius 1 is 1.39 bits per heavy atom. The van der Waals surface area contributed by atoms with Crippen molar-refractivity contribution in [3.63, 3.8) is 0 Å². The Morgan fingerprint density at radius 3 is 2.50 bits per heavy atom. The van der Waals surface area contributed by atoms with Gasteiger partial charge in [0.1, 0.15) is 0 Å². The van der Waals surface area contributed by atoms with Gasteiger partial charge in [-0.15, -0.1) is 6.58 Å². The molecule has 4 nitrogen and oxygen atoms in total. The van der Waals surface area contributed by atoms with E-state index in [1.807, 2.05) is 0 Å². The number of nitrogens with one attached hydrogen (secondary N) is 2. The third-order valence-corrected chi connectivity index (χ3v) is 3.38. The summed E-state index contributed by atoms with van der Waals surface area (Å²) < 4.78 is 0. The number of rotatable bonds is 5. The molecule has 0 aliphatic carbocycles. The van der Waals surface area contributed by atoms with E-state index in [9.17, 15) is 4.79 Å². The normalized spacial score (nSPS) is 18.6. The van der Waals surface area contributed by atoms with Crippen molar-refractivity contribution in [1.82, 2.24) is 15.5 Å². The van der Waals surface area contributed by atoms with Gasteiger partial charge in [-0.1, -0.05) is 6.08 Å². The van der Waals surface area contributed by atoms with Crippen molar-refractivity contribution in [2.75, 3.05) is 26.2 Å². The van der Waals surface area contributed by atoms with Crippen LogP contribution in [0, 0.1) is 0 Å². The molecule has 0 unspecified atom stereocenters. The van der Waals surface area contributed by atoms with Crippen LogP contribution in [0.2, 0.25) is 0 Å². The molecule has 0 aromatic heterocycles. The van der Waals surface area contributed by atoms with Gasteiger partial charge in [0.05, 0.1) is 6.54 Å². The summed E-state index contributed by atoms with van der Waals surface area (Å²) >= 11 is 0. The summed E-state index contributed by atoms with van der Waals surface area (Å²) in [6.07, 6.45) is 3.85. The lowest BCUT2D eigenvalue weighted by Gasteiger charge is -2.41. The fraction of sp³-hybridized carbons (Fsp3) is 0.786. The van der Waals surface area contributed by atoms with Crippen LogP contribution in [-0.4, -0.2) is 48.6 Å². The molecular formula is C14H27N3O. The second-order valence-corrected chi connectivity index (χ2v) is 5.92. The lowest BCUT2D eigenvalue weighted by Crippen LogP contribution is -2.51. The maximum Gasteiger partial charge on any atom is 0.234 e.